The first kappa shape index (κ1) is 42.0. The van der Waals surface area contributed by atoms with Crippen LogP contribution in [0.1, 0.15) is 181 Å². The maximum atomic E-state index is 12.1. The highest BCUT2D eigenvalue weighted by atomic mass is 16.6. The number of esters is 2. The summed E-state index contributed by atoms with van der Waals surface area (Å²) in [5, 5.41) is 9.52. The smallest absolute Gasteiger partial charge is 0.306 e. The zero-order valence-electron chi connectivity index (χ0n) is 28.7. The first-order valence-corrected chi connectivity index (χ1v) is 18.3. The highest BCUT2D eigenvalue weighted by Crippen LogP contribution is 2.14. The van der Waals surface area contributed by atoms with Gasteiger partial charge in [0.15, 0.2) is 11.9 Å². The summed E-state index contributed by atoms with van der Waals surface area (Å²) in [6, 6.07) is 0. The second kappa shape index (κ2) is 33.9. The lowest BCUT2D eigenvalue weighted by Crippen LogP contribution is -2.28. The quantitative estimate of drug-likeness (QED) is 0.0340. The van der Waals surface area contributed by atoms with Crippen molar-refractivity contribution >= 4 is 17.7 Å². The monoisotopic (exact) mass is 621 g/mol. The van der Waals surface area contributed by atoms with Gasteiger partial charge < -0.3 is 14.6 Å². The van der Waals surface area contributed by atoms with E-state index in [2.05, 4.69) is 19.9 Å². The standard InChI is InChI=1S/C38H68O6/c1-3-5-7-9-11-12-13-14-15-16-17-19-23-28-32-38(42)44-36(33-39)34-43-37(41)31-27-24-20-22-26-30-35(40)29-25-21-18-10-8-6-4-2/h18,21,25,29,36,39H,3-17,19-20,22-24,26-28,30-34H2,1-2H3/b21-18-,29-25+/t36-/m0/s1. The Hall–Kier alpha value is -1.95. The molecular weight excluding hydrogens is 552 g/mol. The molecule has 0 amide bonds. The number of ketones is 1. The molecule has 0 aliphatic rings. The molecule has 0 spiro atoms. The van der Waals surface area contributed by atoms with Gasteiger partial charge in [0.25, 0.3) is 0 Å². The third kappa shape index (κ3) is 31.5. The van der Waals surface area contributed by atoms with E-state index >= 15 is 0 Å². The van der Waals surface area contributed by atoms with Crippen LogP contribution >= 0.6 is 0 Å². The van der Waals surface area contributed by atoms with Gasteiger partial charge in [0.05, 0.1) is 6.61 Å². The van der Waals surface area contributed by atoms with Gasteiger partial charge in [0.1, 0.15) is 6.61 Å². The fourth-order valence-corrected chi connectivity index (χ4v) is 5.12. The summed E-state index contributed by atoms with van der Waals surface area (Å²) < 4.78 is 10.5. The van der Waals surface area contributed by atoms with Gasteiger partial charge in [-0.15, -0.1) is 0 Å². The Morgan fingerprint density at radius 3 is 1.55 bits per heavy atom. The molecule has 0 aliphatic heterocycles. The van der Waals surface area contributed by atoms with E-state index in [0.717, 1.165) is 57.8 Å². The van der Waals surface area contributed by atoms with E-state index < -0.39 is 6.10 Å². The fraction of sp³-hybridized carbons (Fsp3) is 0.816. The van der Waals surface area contributed by atoms with Gasteiger partial charge >= 0.3 is 11.9 Å². The molecule has 0 saturated carbocycles. The average molecular weight is 621 g/mol. The molecule has 0 radical (unpaired) electrons. The van der Waals surface area contributed by atoms with E-state index in [-0.39, 0.29) is 30.9 Å². The highest BCUT2D eigenvalue weighted by Gasteiger charge is 2.16. The van der Waals surface area contributed by atoms with Crippen LogP contribution in [0, 0.1) is 0 Å². The summed E-state index contributed by atoms with van der Waals surface area (Å²) in [5.41, 5.74) is 0. The Balaban J connectivity index is 3.65. The highest BCUT2D eigenvalue weighted by molar-refractivity contribution is 5.89. The first-order valence-electron chi connectivity index (χ1n) is 18.3. The van der Waals surface area contributed by atoms with Crippen LogP contribution < -0.4 is 0 Å². The van der Waals surface area contributed by atoms with Crippen LogP contribution in [0.5, 0.6) is 0 Å². The van der Waals surface area contributed by atoms with Gasteiger partial charge in [0.2, 0.25) is 0 Å². The molecule has 1 N–H and O–H groups in total. The van der Waals surface area contributed by atoms with Gasteiger partial charge in [0, 0.05) is 19.3 Å². The number of hydrogen-bond acceptors (Lipinski definition) is 6. The Bertz CT molecular complexity index is 729. The molecule has 0 unspecified atom stereocenters. The van der Waals surface area contributed by atoms with E-state index in [1.807, 2.05) is 12.2 Å². The van der Waals surface area contributed by atoms with Crippen molar-refractivity contribution in [1.82, 2.24) is 0 Å². The second-order valence-electron chi connectivity index (χ2n) is 12.3. The van der Waals surface area contributed by atoms with E-state index in [1.54, 1.807) is 6.08 Å². The van der Waals surface area contributed by atoms with Crippen LogP contribution in [0.2, 0.25) is 0 Å². The zero-order valence-corrected chi connectivity index (χ0v) is 28.7. The second-order valence-corrected chi connectivity index (χ2v) is 12.3. The van der Waals surface area contributed by atoms with Gasteiger partial charge in [-0.05, 0) is 38.2 Å². The van der Waals surface area contributed by atoms with E-state index in [1.165, 1.54) is 89.9 Å². The molecule has 0 saturated heterocycles. The topological polar surface area (TPSA) is 89.9 Å². The third-order valence-corrected chi connectivity index (χ3v) is 7.97. The maximum Gasteiger partial charge on any atom is 0.306 e. The summed E-state index contributed by atoms with van der Waals surface area (Å²) >= 11 is 0. The van der Waals surface area contributed by atoms with Crippen molar-refractivity contribution in [1.29, 1.82) is 0 Å². The molecule has 6 heteroatoms. The SMILES string of the molecule is CCCCC/C=C\C=C\C(=O)CCCCCCCC(=O)OC[C@H](CO)OC(=O)CCCCCCCCCCCCCCCC. The van der Waals surface area contributed by atoms with Crippen molar-refractivity contribution in [2.45, 2.75) is 187 Å². The number of hydrogen-bond donors (Lipinski definition) is 1. The number of aliphatic hydroxyl groups excluding tert-OH is 1. The van der Waals surface area contributed by atoms with E-state index in [4.69, 9.17) is 9.47 Å². The van der Waals surface area contributed by atoms with Crippen molar-refractivity contribution < 1.29 is 29.0 Å². The third-order valence-electron chi connectivity index (χ3n) is 7.97. The van der Waals surface area contributed by atoms with E-state index in [9.17, 15) is 19.5 Å². The number of carbonyl (C=O) groups excluding carboxylic acids is 3. The molecular formula is C38H68O6. The molecule has 0 rings (SSSR count). The zero-order chi connectivity index (χ0) is 32.4. The first-order chi connectivity index (χ1) is 21.5. The molecule has 0 aliphatic carbocycles. The average Bonchev–Trinajstić information content (AvgIpc) is 3.02. The predicted octanol–water partition coefficient (Wildman–Crippen LogP) is 10.3. The number of unbranched alkanes of at least 4 members (excludes halogenated alkanes) is 20. The Morgan fingerprint density at radius 2 is 1.02 bits per heavy atom. The van der Waals surface area contributed by atoms with Gasteiger partial charge in [-0.1, -0.05) is 148 Å². The predicted molar refractivity (Wildman–Crippen MR) is 183 cm³/mol. The molecule has 0 aromatic heterocycles. The molecule has 0 heterocycles. The number of allylic oxidation sites excluding steroid dienone is 4. The lowest BCUT2D eigenvalue weighted by atomic mass is 10.0. The molecule has 6 nitrogen and oxygen atoms in total. The van der Waals surface area contributed by atoms with Crippen LogP contribution in [0.3, 0.4) is 0 Å². The largest absolute Gasteiger partial charge is 0.462 e. The maximum absolute atomic E-state index is 12.1. The number of rotatable bonds is 33. The molecule has 0 aromatic rings. The minimum absolute atomic E-state index is 0.108. The molecule has 0 fully saturated rings. The Kier molecular flexibility index (Phi) is 32.4. The summed E-state index contributed by atoms with van der Waals surface area (Å²) in [6.07, 6.45) is 34.8. The normalized spacial score (nSPS) is 12.2. The Labute approximate surface area is 270 Å². The van der Waals surface area contributed by atoms with Crippen molar-refractivity contribution in [3.63, 3.8) is 0 Å². The van der Waals surface area contributed by atoms with Crippen LogP contribution in [0.15, 0.2) is 24.3 Å². The van der Waals surface area contributed by atoms with Crippen molar-refractivity contribution in [2.24, 2.45) is 0 Å². The lowest BCUT2D eigenvalue weighted by Gasteiger charge is -2.15. The number of carbonyl (C=O) groups is 3. The van der Waals surface area contributed by atoms with Gasteiger partial charge in [-0.25, -0.2) is 0 Å². The molecule has 0 bridgehead atoms. The van der Waals surface area contributed by atoms with Crippen LogP contribution in [0.25, 0.3) is 0 Å². The number of aliphatic hydroxyl groups is 1. The van der Waals surface area contributed by atoms with Crippen molar-refractivity contribution in [2.75, 3.05) is 13.2 Å². The van der Waals surface area contributed by atoms with E-state index in [0.29, 0.717) is 19.3 Å². The minimum atomic E-state index is -0.804. The lowest BCUT2D eigenvalue weighted by molar-refractivity contribution is -0.161. The molecule has 1 atom stereocenters. The number of ether oxygens (including phenoxy) is 2. The van der Waals surface area contributed by atoms with Gasteiger partial charge in [-0.2, -0.15) is 0 Å². The fourth-order valence-electron chi connectivity index (χ4n) is 5.12. The molecule has 44 heavy (non-hydrogen) atoms. The Morgan fingerprint density at radius 1 is 0.568 bits per heavy atom. The van der Waals surface area contributed by atoms with Crippen molar-refractivity contribution in [3.05, 3.63) is 24.3 Å². The van der Waals surface area contributed by atoms with Crippen LogP contribution in [0.4, 0.5) is 0 Å². The summed E-state index contributed by atoms with van der Waals surface area (Å²) in [7, 11) is 0. The summed E-state index contributed by atoms with van der Waals surface area (Å²) in [6.45, 7) is 3.98. The summed E-state index contributed by atoms with van der Waals surface area (Å²) in [5.74, 6) is -0.521. The van der Waals surface area contributed by atoms with Crippen LogP contribution in [-0.2, 0) is 23.9 Å². The van der Waals surface area contributed by atoms with Gasteiger partial charge in [-0.3, -0.25) is 14.4 Å². The van der Waals surface area contributed by atoms with Crippen molar-refractivity contribution in [3.8, 4) is 0 Å². The van der Waals surface area contributed by atoms with Crippen LogP contribution in [-0.4, -0.2) is 42.1 Å². The summed E-state index contributed by atoms with van der Waals surface area (Å²) in [4.78, 5) is 36.1. The molecule has 256 valence electrons. The minimum Gasteiger partial charge on any atom is -0.462 e. The molecule has 0 aromatic carbocycles.